The molecule has 0 aliphatic heterocycles. The van der Waals surface area contributed by atoms with Gasteiger partial charge >= 0.3 is 5.97 Å². The van der Waals surface area contributed by atoms with Gasteiger partial charge in [-0.3, -0.25) is 4.79 Å². The van der Waals surface area contributed by atoms with E-state index in [1.54, 1.807) is 6.92 Å². The average Bonchev–Trinajstić information content (AvgIpc) is 1.87. The van der Waals surface area contributed by atoms with Crippen LogP contribution >= 0.6 is 0 Å². The molecule has 3 nitrogen and oxygen atoms in total. The molecule has 0 heterocycles. The van der Waals surface area contributed by atoms with Crippen molar-refractivity contribution < 1.29 is 9.90 Å². The molecular formula is C7H13NO2. The van der Waals surface area contributed by atoms with Crippen LogP contribution in [0.2, 0.25) is 0 Å². The van der Waals surface area contributed by atoms with E-state index in [4.69, 9.17) is 5.11 Å². The molecule has 0 fully saturated rings. The van der Waals surface area contributed by atoms with Crippen LogP contribution in [-0.2, 0) is 4.79 Å². The van der Waals surface area contributed by atoms with Gasteiger partial charge in [0.15, 0.2) is 0 Å². The number of hydrogen-bond donors (Lipinski definition) is 2. The fourth-order valence-electron chi connectivity index (χ4n) is 0.470. The Morgan fingerprint density at radius 2 is 2.30 bits per heavy atom. The van der Waals surface area contributed by atoms with Gasteiger partial charge in [0.25, 0.3) is 0 Å². The number of carboxylic acid groups (broad SMARTS) is 1. The van der Waals surface area contributed by atoms with Crippen LogP contribution in [-0.4, -0.2) is 17.1 Å². The second kappa shape index (κ2) is 3.93. The van der Waals surface area contributed by atoms with Crippen LogP contribution in [0.1, 0.15) is 20.3 Å². The second-order valence-electron chi connectivity index (χ2n) is 2.16. The van der Waals surface area contributed by atoms with Crippen LogP contribution in [0.15, 0.2) is 12.3 Å². The maximum absolute atomic E-state index is 10.2. The molecule has 0 spiro atoms. The SMILES string of the molecule is C=C(CC)N[C@H](C)C(=O)O. The van der Waals surface area contributed by atoms with Crippen LogP contribution in [0.25, 0.3) is 0 Å². The highest BCUT2D eigenvalue weighted by Gasteiger charge is 2.08. The molecule has 58 valence electrons. The minimum Gasteiger partial charge on any atom is -0.480 e. The molecule has 3 heteroatoms. The largest absolute Gasteiger partial charge is 0.480 e. The van der Waals surface area contributed by atoms with Gasteiger partial charge in [-0.05, 0) is 13.3 Å². The molecular weight excluding hydrogens is 130 g/mol. The molecule has 0 saturated carbocycles. The highest BCUT2D eigenvalue weighted by Crippen LogP contribution is 1.93. The Morgan fingerprint density at radius 1 is 1.80 bits per heavy atom. The Morgan fingerprint density at radius 3 is 2.60 bits per heavy atom. The number of allylic oxidation sites excluding steroid dienone is 1. The third-order valence-electron chi connectivity index (χ3n) is 1.22. The molecule has 0 aromatic rings. The van der Waals surface area contributed by atoms with Crippen molar-refractivity contribution in [2.24, 2.45) is 0 Å². The Kier molecular flexibility index (Phi) is 3.54. The van der Waals surface area contributed by atoms with Crippen molar-refractivity contribution in [2.45, 2.75) is 26.3 Å². The average molecular weight is 143 g/mol. The van der Waals surface area contributed by atoms with E-state index in [0.29, 0.717) is 0 Å². The molecule has 0 radical (unpaired) electrons. The minimum absolute atomic E-state index is 0.535. The van der Waals surface area contributed by atoms with E-state index in [2.05, 4.69) is 11.9 Å². The first-order valence-electron chi connectivity index (χ1n) is 3.25. The summed E-state index contributed by atoms with van der Waals surface area (Å²) in [5, 5.41) is 11.2. The van der Waals surface area contributed by atoms with Crippen LogP contribution in [0.3, 0.4) is 0 Å². The lowest BCUT2D eigenvalue weighted by Crippen LogP contribution is -2.32. The highest BCUT2D eigenvalue weighted by molar-refractivity contribution is 5.73. The molecule has 1 atom stereocenters. The molecule has 0 amide bonds. The molecule has 10 heavy (non-hydrogen) atoms. The van der Waals surface area contributed by atoms with Crippen molar-refractivity contribution in [1.29, 1.82) is 0 Å². The number of nitrogens with one attached hydrogen (secondary N) is 1. The standard InChI is InChI=1S/C7H13NO2/c1-4-5(2)8-6(3)7(9)10/h6,8H,2,4H2,1,3H3,(H,9,10)/t6-/m1/s1. The van der Waals surface area contributed by atoms with E-state index in [9.17, 15) is 4.79 Å². The highest BCUT2D eigenvalue weighted by atomic mass is 16.4. The Hall–Kier alpha value is -0.990. The summed E-state index contributed by atoms with van der Waals surface area (Å²) in [5.41, 5.74) is 0.759. The minimum atomic E-state index is -0.852. The lowest BCUT2D eigenvalue weighted by atomic mass is 10.3. The summed E-state index contributed by atoms with van der Waals surface area (Å²) in [4.78, 5) is 10.2. The summed E-state index contributed by atoms with van der Waals surface area (Å²) in [6.45, 7) is 7.13. The summed E-state index contributed by atoms with van der Waals surface area (Å²) in [6.07, 6.45) is 0.762. The van der Waals surface area contributed by atoms with E-state index >= 15 is 0 Å². The smallest absolute Gasteiger partial charge is 0.325 e. The predicted octanol–water partition coefficient (Wildman–Crippen LogP) is 0.973. The van der Waals surface area contributed by atoms with Gasteiger partial charge in [-0.2, -0.15) is 0 Å². The van der Waals surface area contributed by atoms with Crippen LogP contribution in [0.4, 0.5) is 0 Å². The number of rotatable bonds is 4. The summed E-state index contributed by atoms with van der Waals surface area (Å²) >= 11 is 0. The first kappa shape index (κ1) is 9.01. The molecule has 0 unspecified atom stereocenters. The van der Waals surface area contributed by atoms with Crippen molar-refractivity contribution in [2.75, 3.05) is 0 Å². The Bertz CT molecular complexity index is 143. The monoisotopic (exact) mass is 143 g/mol. The fourth-order valence-corrected chi connectivity index (χ4v) is 0.470. The van der Waals surface area contributed by atoms with Crippen molar-refractivity contribution in [1.82, 2.24) is 5.32 Å². The normalized spacial score (nSPS) is 12.2. The van der Waals surface area contributed by atoms with Gasteiger partial charge in [0.05, 0.1) is 0 Å². The Labute approximate surface area is 60.7 Å². The zero-order valence-electron chi connectivity index (χ0n) is 6.35. The topological polar surface area (TPSA) is 49.3 Å². The van der Waals surface area contributed by atoms with Crippen LogP contribution in [0.5, 0.6) is 0 Å². The van der Waals surface area contributed by atoms with Crippen LogP contribution in [0, 0.1) is 0 Å². The van der Waals surface area contributed by atoms with Gasteiger partial charge in [0.2, 0.25) is 0 Å². The number of aliphatic carboxylic acids is 1. The summed E-state index contributed by atoms with van der Waals surface area (Å²) in [5.74, 6) is -0.852. The van der Waals surface area contributed by atoms with Gasteiger partial charge in [0, 0.05) is 5.70 Å². The quantitative estimate of drug-likeness (QED) is 0.616. The lowest BCUT2D eigenvalue weighted by molar-refractivity contribution is -0.138. The van der Waals surface area contributed by atoms with Gasteiger partial charge in [0.1, 0.15) is 6.04 Å². The number of carbonyl (C=O) groups is 1. The molecule has 0 bridgehead atoms. The zero-order chi connectivity index (χ0) is 8.15. The van der Waals surface area contributed by atoms with Gasteiger partial charge in [-0.1, -0.05) is 13.5 Å². The van der Waals surface area contributed by atoms with Crippen LogP contribution < -0.4 is 5.32 Å². The maximum Gasteiger partial charge on any atom is 0.325 e. The van der Waals surface area contributed by atoms with Crippen molar-refractivity contribution in [3.8, 4) is 0 Å². The second-order valence-corrected chi connectivity index (χ2v) is 2.16. The molecule has 0 aliphatic rings. The molecule has 0 aromatic carbocycles. The number of carboxylic acids is 1. The van der Waals surface area contributed by atoms with E-state index in [1.165, 1.54) is 0 Å². The molecule has 2 N–H and O–H groups in total. The van der Waals surface area contributed by atoms with Gasteiger partial charge in [-0.25, -0.2) is 0 Å². The number of hydrogen-bond acceptors (Lipinski definition) is 2. The summed E-state index contributed by atoms with van der Waals surface area (Å²) in [7, 11) is 0. The molecule has 0 aromatic heterocycles. The Balaban J connectivity index is 3.68. The summed E-state index contributed by atoms with van der Waals surface area (Å²) in [6, 6.07) is -0.535. The van der Waals surface area contributed by atoms with E-state index in [-0.39, 0.29) is 0 Å². The van der Waals surface area contributed by atoms with E-state index < -0.39 is 12.0 Å². The van der Waals surface area contributed by atoms with Crippen molar-refractivity contribution >= 4 is 5.97 Å². The van der Waals surface area contributed by atoms with E-state index in [0.717, 1.165) is 12.1 Å². The van der Waals surface area contributed by atoms with Crippen molar-refractivity contribution in [3.05, 3.63) is 12.3 Å². The van der Waals surface area contributed by atoms with Gasteiger partial charge in [-0.15, -0.1) is 0 Å². The maximum atomic E-state index is 10.2. The summed E-state index contributed by atoms with van der Waals surface area (Å²) < 4.78 is 0. The first-order valence-corrected chi connectivity index (χ1v) is 3.25. The third kappa shape index (κ3) is 3.12. The third-order valence-corrected chi connectivity index (χ3v) is 1.22. The molecule has 0 rings (SSSR count). The lowest BCUT2D eigenvalue weighted by Gasteiger charge is -2.10. The van der Waals surface area contributed by atoms with E-state index in [1.807, 2.05) is 6.92 Å². The van der Waals surface area contributed by atoms with Gasteiger partial charge < -0.3 is 10.4 Å². The van der Waals surface area contributed by atoms with Crippen molar-refractivity contribution in [3.63, 3.8) is 0 Å². The molecule has 0 aliphatic carbocycles. The predicted molar refractivity (Wildman–Crippen MR) is 39.7 cm³/mol. The zero-order valence-corrected chi connectivity index (χ0v) is 6.35. The first-order chi connectivity index (χ1) is 4.57. The molecule has 0 saturated heterocycles. The fraction of sp³-hybridized carbons (Fsp3) is 0.571.